The number of rotatable bonds is 67. The first kappa shape index (κ1) is 87.5. The Kier molecular flexibility index (Phi) is 59.7. The smallest absolute Gasteiger partial charge is 0.462 e. The molecular formula is C71H134O17P2. The topological polar surface area (TPSA) is 237 Å². The largest absolute Gasteiger partial charge is 0.472 e. The van der Waals surface area contributed by atoms with E-state index in [1.165, 1.54) is 128 Å². The zero-order valence-corrected chi connectivity index (χ0v) is 59.9. The summed E-state index contributed by atoms with van der Waals surface area (Å²) >= 11 is 0. The lowest BCUT2D eigenvalue weighted by Gasteiger charge is -2.21. The van der Waals surface area contributed by atoms with Crippen molar-refractivity contribution in [2.24, 2.45) is 17.8 Å². The van der Waals surface area contributed by atoms with Crippen molar-refractivity contribution in [2.45, 2.75) is 349 Å². The van der Waals surface area contributed by atoms with Crippen LogP contribution in [-0.2, 0) is 65.4 Å². The second-order valence-corrected chi connectivity index (χ2v) is 29.3. The standard InChI is InChI=1S/C71H134O17P2/c1-8-9-10-11-12-13-14-15-16-17-18-23-33-40-47-54-70(75)87-66(58-81-68(73)52-45-38-31-24-19-21-28-35-42-49-62(2)3)60-85-89(77,78)83-56-65(72)57-84-90(79,80)86-61-67(59-82-69(74)53-46-39-32-27-26-30-37-44-51-64(6)7)88-71(76)55-48-41-34-25-20-22-29-36-43-50-63(4)5/h13-16,62-67,72H,8-12,17-61H2,1-7H3,(H,77,78)(H,79,80)/b14-13-,16-15-/t65?,66-,67-/m1/s1. The average molecular weight is 1320 g/mol. The van der Waals surface area contributed by atoms with Crippen molar-refractivity contribution in [3.8, 4) is 0 Å². The van der Waals surface area contributed by atoms with Gasteiger partial charge in [0.15, 0.2) is 12.2 Å². The third kappa shape index (κ3) is 64.3. The molecule has 530 valence electrons. The molecule has 0 aromatic carbocycles. The van der Waals surface area contributed by atoms with Crippen LogP contribution in [0.3, 0.4) is 0 Å². The van der Waals surface area contributed by atoms with Crippen LogP contribution >= 0.6 is 15.6 Å². The number of unbranched alkanes of at least 4 members (excludes halogenated alkanes) is 32. The number of phosphoric acid groups is 2. The monoisotopic (exact) mass is 1320 g/mol. The van der Waals surface area contributed by atoms with E-state index in [0.717, 1.165) is 120 Å². The molecule has 90 heavy (non-hydrogen) atoms. The normalized spacial score (nSPS) is 14.4. The van der Waals surface area contributed by atoms with Gasteiger partial charge in [-0.15, -0.1) is 0 Å². The second-order valence-electron chi connectivity index (χ2n) is 26.4. The van der Waals surface area contributed by atoms with Crippen molar-refractivity contribution in [3.05, 3.63) is 24.3 Å². The maximum absolute atomic E-state index is 13.0. The van der Waals surface area contributed by atoms with Crippen molar-refractivity contribution in [3.63, 3.8) is 0 Å². The third-order valence-electron chi connectivity index (χ3n) is 15.8. The van der Waals surface area contributed by atoms with E-state index in [2.05, 4.69) is 72.8 Å². The summed E-state index contributed by atoms with van der Waals surface area (Å²) in [5, 5.41) is 10.6. The van der Waals surface area contributed by atoms with Gasteiger partial charge in [-0.05, 0) is 69.1 Å². The van der Waals surface area contributed by atoms with E-state index in [9.17, 15) is 43.2 Å². The Morgan fingerprint density at radius 2 is 0.600 bits per heavy atom. The molecule has 0 aliphatic rings. The van der Waals surface area contributed by atoms with Gasteiger partial charge < -0.3 is 33.8 Å². The number of ether oxygens (including phenoxy) is 4. The maximum Gasteiger partial charge on any atom is 0.472 e. The highest BCUT2D eigenvalue weighted by molar-refractivity contribution is 7.47. The Morgan fingerprint density at radius 1 is 0.344 bits per heavy atom. The van der Waals surface area contributed by atoms with Gasteiger partial charge in [0, 0.05) is 25.7 Å². The first-order chi connectivity index (χ1) is 43.2. The molecule has 0 spiro atoms. The summed E-state index contributed by atoms with van der Waals surface area (Å²) in [5.74, 6) is 0.0435. The summed E-state index contributed by atoms with van der Waals surface area (Å²) in [6, 6.07) is 0. The minimum absolute atomic E-state index is 0.0841. The summed E-state index contributed by atoms with van der Waals surface area (Å²) in [5.41, 5.74) is 0. The molecule has 0 amide bonds. The minimum Gasteiger partial charge on any atom is -0.462 e. The molecule has 0 fully saturated rings. The van der Waals surface area contributed by atoms with Gasteiger partial charge in [-0.2, -0.15) is 0 Å². The van der Waals surface area contributed by atoms with Crippen LogP contribution in [0.25, 0.3) is 0 Å². The van der Waals surface area contributed by atoms with Crippen LogP contribution in [-0.4, -0.2) is 96.7 Å². The van der Waals surface area contributed by atoms with Gasteiger partial charge in [0.2, 0.25) is 0 Å². The molecule has 0 rings (SSSR count). The van der Waals surface area contributed by atoms with E-state index in [-0.39, 0.29) is 25.7 Å². The van der Waals surface area contributed by atoms with Crippen molar-refractivity contribution >= 4 is 39.5 Å². The number of carbonyl (C=O) groups is 4. The molecule has 0 aliphatic heterocycles. The molecule has 0 aromatic rings. The van der Waals surface area contributed by atoms with Crippen LogP contribution in [0.1, 0.15) is 331 Å². The van der Waals surface area contributed by atoms with Crippen LogP contribution in [0.15, 0.2) is 24.3 Å². The summed E-state index contributed by atoms with van der Waals surface area (Å²) in [7, 11) is -9.92. The molecular weight excluding hydrogens is 1190 g/mol. The maximum atomic E-state index is 13.0. The molecule has 0 saturated carbocycles. The number of phosphoric ester groups is 2. The predicted molar refractivity (Wildman–Crippen MR) is 363 cm³/mol. The summed E-state index contributed by atoms with van der Waals surface area (Å²) < 4.78 is 68.3. The fourth-order valence-corrected chi connectivity index (χ4v) is 11.8. The fraction of sp³-hybridized carbons (Fsp3) is 0.887. The number of hydrogen-bond donors (Lipinski definition) is 3. The van der Waals surface area contributed by atoms with Crippen LogP contribution in [0.5, 0.6) is 0 Å². The highest BCUT2D eigenvalue weighted by atomic mass is 31.2. The van der Waals surface area contributed by atoms with Crippen LogP contribution in [0.2, 0.25) is 0 Å². The predicted octanol–water partition coefficient (Wildman–Crippen LogP) is 19.8. The highest BCUT2D eigenvalue weighted by Crippen LogP contribution is 2.45. The van der Waals surface area contributed by atoms with Gasteiger partial charge in [-0.25, -0.2) is 9.13 Å². The molecule has 5 atom stereocenters. The number of carbonyl (C=O) groups excluding carboxylic acids is 4. The second kappa shape index (κ2) is 61.4. The Labute approximate surface area is 548 Å². The van der Waals surface area contributed by atoms with Gasteiger partial charge in [-0.3, -0.25) is 37.3 Å². The van der Waals surface area contributed by atoms with Gasteiger partial charge in [-0.1, -0.05) is 278 Å². The number of allylic oxidation sites excluding steroid dienone is 4. The van der Waals surface area contributed by atoms with E-state index in [1.807, 2.05) is 0 Å². The fourth-order valence-electron chi connectivity index (χ4n) is 10.2. The first-order valence-corrected chi connectivity index (χ1v) is 39.2. The van der Waals surface area contributed by atoms with Gasteiger partial charge >= 0.3 is 39.5 Å². The Hall–Kier alpha value is -2.46. The zero-order valence-electron chi connectivity index (χ0n) is 58.1. The van der Waals surface area contributed by atoms with E-state index in [1.54, 1.807) is 0 Å². The molecule has 0 aliphatic carbocycles. The van der Waals surface area contributed by atoms with Crippen molar-refractivity contribution in [1.29, 1.82) is 0 Å². The quantitative estimate of drug-likeness (QED) is 0.0169. The Bertz CT molecular complexity index is 1860. The number of hydrogen-bond acceptors (Lipinski definition) is 15. The van der Waals surface area contributed by atoms with Gasteiger partial charge in [0.1, 0.15) is 19.3 Å². The third-order valence-corrected chi connectivity index (χ3v) is 17.7. The molecule has 3 N–H and O–H groups in total. The molecule has 0 radical (unpaired) electrons. The van der Waals surface area contributed by atoms with Crippen LogP contribution in [0.4, 0.5) is 0 Å². The molecule has 17 nitrogen and oxygen atoms in total. The number of esters is 4. The highest BCUT2D eigenvalue weighted by Gasteiger charge is 2.30. The van der Waals surface area contributed by atoms with E-state index < -0.39 is 97.5 Å². The zero-order chi connectivity index (χ0) is 66.6. The van der Waals surface area contributed by atoms with Crippen molar-refractivity contribution in [1.82, 2.24) is 0 Å². The van der Waals surface area contributed by atoms with E-state index in [0.29, 0.717) is 25.7 Å². The summed E-state index contributed by atoms with van der Waals surface area (Å²) in [4.78, 5) is 72.6. The molecule has 0 aromatic heterocycles. The summed E-state index contributed by atoms with van der Waals surface area (Å²) in [6.45, 7) is 11.7. The lowest BCUT2D eigenvalue weighted by atomic mass is 10.0. The van der Waals surface area contributed by atoms with Gasteiger partial charge in [0.05, 0.1) is 26.4 Å². The molecule has 0 saturated heterocycles. The average Bonchev–Trinajstić information content (AvgIpc) is 2.89. The van der Waals surface area contributed by atoms with Crippen LogP contribution in [0, 0.1) is 17.8 Å². The molecule has 19 heteroatoms. The number of aliphatic hydroxyl groups excluding tert-OH is 1. The minimum atomic E-state index is -4.96. The molecule has 3 unspecified atom stereocenters. The van der Waals surface area contributed by atoms with Crippen molar-refractivity contribution in [2.75, 3.05) is 39.6 Å². The SMILES string of the molecule is CCCCCC/C=C\C=C/CCCCCCCC(=O)O[C@H](COC(=O)CCCCCCCCCCCC(C)C)COP(=O)(O)OCC(O)COP(=O)(O)OC[C@@H](COC(=O)CCCCCCCCCCC(C)C)OC(=O)CCCCCCCCCCCC(C)C. The Balaban J connectivity index is 5.30. The molecule has 0 heterocycles. The van der Waals surface area contributed by atoms with Crippen LogP contribution < -0.4 is 0 Å². The summed E-state index contributed by atoms with van der Waals surface area (Å²) in [6.07, 6.45) is 48.1. The first-order valence-electron chi connectivity index (χ1n) is 36.2. The van der Waals surface area contributed by atoms with Gasteiger partial charge in [0.25, 0.3) is 0 Å². The van der Waals surface area contributed by atoms with Crippen molar-refractivity contribution < 1.29 is 80.2 Å². The Morgan fingerprint density at radius 3 is 0.900 bits per heavy atom. The van der Waals surface area contributed by atoms with E-state index in [4.69, 9.17) is 37.0 Å². The lowest BCUT2D eigenvalue weighted by molar-refractivity contribution is -0.161. The number of aliphatic hydroxyl groups is 1. The van der Waals surface area contributed by atoms with E-state index >= 15 is 0 Å². The molecule has 0 bridgehead atoms. The lowest BCUT2D eigenvalue weighted by Crippen LogP contribution is -2.30.